The van der Waals surface area contributed by atoms with Gasteiger partial charge in [0.25, 0.3) is 0 Å². The monoisotopic (exact) mass is 743 g/mol. The Labute approximate surface area is 327 Å². The van der Waals surface area contributed by atoms with Gasteiger partial charge < -0.3 is 0 Å². The summed E-state index contributed by atoms with van der Waals surface area (Å²) in [6, 6.07) is 17.5. The van der Waals surface area contributed by atoms with Crippen LogP contribution in [0.5, 0.6) is 0 Å². The molecule has 0 amide bonds. The topological polar surface area (TPSA) is 24.7 Å². The predicted molar refractivity (Wildman–Crippen MR) is 226 cm³/mol. The number of nitrogens with zero attached hydrogens (tertiary/aromatic N) is 2. The van der Waals surface area contributed by atoms with Crippen LogP contribution in [0.15, 0.2) is 58.5 Å². The summed E-state index contributed by atoms with van der Waals surface area (Å²) < 4.78 is 0. The van der Waals surface area contributed by atoms with Crippen LogP contribution >= 0.6 is 0 Å². The average molecular weight is 744 g/mol. The first kappa shape index (κ1) is 47.3. The summed E-state index contributed by atoms with van der Waals surface area (Å²) in [7, 11) is 0. The molecule has 2 nitrogen and oxygen atoms in total. The number of aryl methyl sites for hydroxylation is 2. The van der Waals surface area contributed by atoms with Gasteiger partial charge in [0, 0.05) is 28.9 Å². The summed E-state index contributed by atoms with van der Waals surface area (Å²) in [6.45, 7) is 4.60. The van der Waals surface area contributed by atoms with Crippen molar-refractivity contribution in [3.8, 4) is 0 Å². The zero-order valence-corrected chi connectivity index (χ0v) is 34.6. The molecule has 0 aliphatic carbocycles. The van der Waals surface area contributed by atoms with E-state index in [-0.39, 0.29) is 16.5 Å². The second-order valence-corrected chi connectivity index (χ2v) is 15.3. The zero-order valence-electron chi connectivity index (χ0n) is 33.6. The van der Waals surface area contributed by atoms with E-state index in [9.17, 15) is 0 Å². The summed E-state index contributed by atoms with van der Waals surface area (Å²) >= 11 is 0. The molecule has 3 heteroatoms. The van der Waals surface area contributed by atoms with Gasteiger partial charge in [-0.2, -0.15) is 0 Å². The van der Waals surface area contributed by atoms with E-state index in [1.165, 1.54) is 204 Å². The third-order valence-corrected chi connectivity index (χ3v) is 10.5. The SMILES string of the molecule is CCCCCCCCCCCCCCCCCc1cccc(N=CC=Nc2cccc(CCCCCCCCCCCCCCCCC)c2)c1.[Ni]. The summed E-state index contributed by atoms with van der Waals surface area (Å²) in [4.78, 5) is 9.35. The van der Waals surface area contributed by atoms with E-state index in [1.807, 2.05) is 12.4 Å². The number of aliphatic imine (C=N–C) groups is 2. The quantitative estimate of drug-likeness (QED) is 0.0382. The largest absolute Gasteiger partial charge is 0.255 e. The van der Waals surface area contributed by atoms with E-state index in [0.29, 0.717) is 0 Å². The van der Waals surface area contributed by atoms with Crippen LogP contribution in [0.1, 0.15) is 218 Å². The minimum Gasteiger partial charge on any atom is -0.255 e. The van der Waals surface area contributed by atoms with Crippen LogP contribution in [0.3, 0.4) is 0 Å². The van der Waals surface area contributed by atoms with Crippen molar-refractivity contribution in [2.24, 2.45) is 9.98 Å². The smallest absolute Gasteiger partial charge is 0.0633 e. The maximum absolute atomic E-state index is 4.67. The maximum Gasteiger partial charge on any atom is 0.0633 e. The molecule has 0 aliphatic rings. The van der Waals surface area contributed by atoms with Crippen LogP contribution in [0.4, 0.5) is 11.4 Å². The minimum absolute atomic E-state index is 0. The fourth-order valence-corrected chi connectivity index (χ4v) is 7.22. The van der Waals surface area contributed by atoms with Gasteiger partial charge in [0.15, 0.2) is 0 Å². The average Bonchev–Trinajstić information content (AvgIpc) is 3.14. The first-order chi connectivity index (χ1) is 24.8. The Morgan fingerprint density at radius 2 is 0.608 bits per heavy atom. The van der Waals surface area contributed by atoms with Gasteiger partial charge in [0.05, 0.1) is 11.4 Å². The fraction of sp³-hybridized carbons (Fsp3) is 0.708. The Morgan fingerprint density at radius 1 is 0.353 bits per heavy atom. The van der Waals surface area contributed by atoms with Crippen LogP contribution < -0.4 is 0 Å². The Morgan fingerprint density at radius 3 is 0.882 bits per heavy atom. The third kappa shape index (κ3) is 29.4. The van der Waals surface area contributed by atoms with Gasteiger partial charge >= 0.3 is 0 Å². The molecule has 51 heavy (non-hydrogen) atoms. The Balaban J connectivity index is 0.0000130. The number of hydrogen-bond acceptors (Lipinski definition) is 2. The summed E-state index contributed by atoms with van der Waals surface area (Å²) in [5.41, 5.74) is 4.85. The number of unbranched alkanes of at least 4 members (excludes halogenated alkanes) is 28. The van der Waals surface area contributed by atoms with Crippen LogP contribution in [-0.4, -0.2) is 12.4 Å². The number of benzene rings is 2. The molecule has 0 saturated heterocycles. The summed E-state index contributed by atoms with van der Waals surface area (Å²) in [5.74, 6) is 0. The summed E-state index contributed by atoms with van der Waals surface area (Å²) in [6.07, 6.45) is 48.4. The van der Waals surface area contributed by atoms with E-state index in [0.717, 1.165) is 24.2 Å². The van der Waals surface area contributed by atoms with E-state index in [1.54, 1.807) is 0 Å². The molecule has 0 aromatic heterocycles. The Hall–Kier alpha value is -1.73. The minimum atomic E-state index is 0. The van der Waals surface area contributed by atoms with E-state index < -0.39 is 0 Å². The van der Waals surface area contributed by atoms with E-state index in [4.69, 9.17) is 0 Å². The van der Waals surface area contributed by atoms with Gasteiger partial charge in [0.2, 0.25) is 0 Å². The fourth-order valence-electron chi connectivity index (χ4n) is 7.22. The Kier molecular flexibility index (Phi) is 34.0. The first-order valence-electron chi connectivity index (χ1n) is 22.1. The molecule has 0 spiro atoms. The molecule has 0 heterocycles. The van der Waals surface area contributed by atoms with Crippen LogP contribution in [0.25, 0.3) is 0 Å². The molecular weight excluding hydrogens is 663 g/mol. The van der Waals surface area contributed by atoms with Gasteiger partial charge in [-0.1, -0.05) is 218 Å². The molecule has 0 saturated carbocycles. The van der Waals surface area contributed by atoms with Gasteiger partial charge in [-0.25, -0.2) is 0 Å². The van der Waals surface area contributed by atoms with E-state index in [2.05, 4.69) is 72.4 Å². The predicted octanol–water partition coefficient (Wildman–Crippen LogP) is 16.6. The molecule has 0 radical (unpaired) electrons. The van der Waals surface area contributed by atoms with Crippen molar-refractivity contribution < 1.29 is 16.5 Å². The molecular formula is C48H80N2Ni. The van der Waals surface area contributed by atoms with Crippen LogP contribution in [-0.2, 0) is 29.3 Å². The van der Waals surface area contributed by atoms with Gasteiger partial charge in [-0.3, -0.25) is 9.98 Å². The van der Waals surface area contributed by atoms with Crippen molar-refractivity contribution >= 4 is 23.8 Å². The molecule has 0 atom stereocenters. The normalized spacial score (nSPS) is 11.6. The van der Waals surface area contributed by atoms with Gasteiger partial charge in [0.1, 0.15) is 0 Å². The van der Waals surface area contributed by atoms with Crippen molar-refractivity contribution in [1.29, 1.82) is 0 Å². The molecule has 2 rings (SSSR count). The van der Waals surface area contributed by atoms with Crippen molar-refractivity contribution in [3.63, 3.8) is 0 Å². The summed E-state index contributed by atoms with van der Waals surface area (Å²) in [5, 5.41) is 0. The number of hydrogen-bond donors (Lipinski definition) is 0. The molecule has 0 N–H and O–H groups in total. The second-order valence-electron chi connectivity index (χ2n) is 15.3. The second kappa shape index (κ2) is 36.6. The molecule has 292 valence electrons. The Bertz CT molecular complexity index is 991. The van der Waals surface area contributed by atoms with Crippen molar-refractivity contribution in [3.05, 3.63) is 59.7 Å². The van der Waals surface area contributed by atoms with E-state index >= 15 is 0 Å². The van der Waals surface area contributed by atoms with Crippen LogP contribution in [0, 0.1) is 0 Å². The van der Waals surface area contributed by atoms with Crippen LogP contribution in [0.2, 0.25) is 0 Å². The molecule has 0 bridgehead atoms. The molecule has 0 unspecified atom stereocenters. The first-order valence-corrected chi connectivity index (χ1v) is 22.1. The van der Waals surface area contributed by atoms with Crippen molar-refractivity contribution in [2.75, 3.05) is 0 Å². The zero-order chi connectivity index (χ0) is 35.4. The molecule has 2 aromatic rings. The maximum atomic E-state index is 4.67. The molecule has 2 aromatic carbocycles. The van der Waals surface area contributed by atoms with Gasteiger partial charge in [-0.05, 0) is 61.1 Å². The standard InChI is InChI=1S/C48H80N2.Ni/c1-3-5-7-9-11-13-15-17-19-21-23-25-27-29-31-35-45-37-33-39-47(43-45)49-41-42-50-48-40-34-38-46(44-48)36-32-30-28-26-24-22-20-18-16-14-12-10-8-6-4-2;/h33-34,37-44H,3-32,35-36H2,1-2H3;. The molecule has 0 fully saturated rings. The third-order valence-electron chi connectivity index (χ3n) is 10.5. The van der Waals surface area contributed by atoms with Crippen molar-refractivity contribution in [2.45, 2.75) is 219 Å². The number of rotatable bonds is 35. The van der Waals surface area contributed by atoms with Crippen molar-refractivity contribution in [1.82, 2.24) is 0 Å². The van der Waals surface area contributed by atoms with Gasteiger partial charge in [-0.15, -0.1) is 0 Å². The molecule has 0 aliphatic heterocycles.